The SMILES string of the molecule is Cc1ccc(S(=O)(=O)OC[C@H]2CC[C@H](CCC(C)(C)[Si](C)(C)O)CC2)cc1. The maximum Gasteiger partial charge on any atom is 0.296 e. The van der Waals surface area contributed by atoms with Crippen molar-refractivity contribution in [1.82, 2.24) is 0 Å². The van der Waals surface area contributed by atoms with Gasteiger partial charge in [0.05, 0.1) is 11.5 Å². The highest BCUT2D eigenvalue weighted by atomic mass is 32.2. The van der Waals surface area contributed by atoms with E-state index in [1.807, 2.05) is 20.0 Å². The van der Waals surface area contributed by atoms with E-state index in [0.717, 1.165) is 44.1 Å². The molecule has 1 saturated carbocycles. The van der Waals surface area contributed by atoms with Crippen molar-refractivity contribution < 1.29 is 17.4 Å². The van der Waals surface area contributed by atoms with E-state index in [-0.39, 0.29) is 16.5 Å². The first-order valence-corrected chi connectivity index (χ1v) is 14.4. The third-order valence-corrected chi connectivity index (χ3v) is 11.4. The lowest BCUT2D eigenvalue weighted by Gasteiger charge is -2.37. The summed E-state index contributed by atoms with van der Waals surface area (Å²) < 4.78 is 30.0. The first kappa shape index (κ1) is 22.6. The summed E-state index contributed by atoms with van der Waals surface area (Å²) in [6.07, 6.45) is 6.52. The summed E-state index contributed by atoms with van der Waals surface area (Å²) >= 11 is 0. The minimum absolute atomic E-state index is 0.0368. The van der Waals surface area contributed by atoms with Crippen molar-refractivity contribution in [3.63, 3.8) is 0 Å². The number of rotatable bonds is 8. The third kappa shape index (κ3) is 6.41. The van der Waals surface area contributed by atoms with Crippen LogP contribution in [0, 0.1) is 18.8 Å². The van der Waals surface area contributed by atoms with E-state index in [4.69, 9.17) is 4.18 Å². The Bertz CT molecular complexity index is 697. The summed E-state index contributed by atoms with van der Waals surface area (Å²) in [6.45, 7) is 10.6. The van der Waals surface area contributed by atoms with E-state index >= 15 is 0 Å². The summed E-state index contributed by atoms with van der Waals surface area (Å²) in [5, 5.41) is 0.0368. The van der Waals surface area contributed by atoms with Crippen molar-refractivity contribution in [2.75, 3.05) is 6.61 Å². The molecule has 1 N–H and O–H groups in total. The average Bonchev–Trinajstić information content (AvgIpc) is 2.58. The van der Waals surface area contributed by atoms with Gasteiger partial charge in [0.1, 0.15) is 0 Å². The summed E-state index contributed by atoms with van der Waals surface area (Å²) in [7, 11) is -5.80. The minimum atomic E-state index is -3.66. The molecule has 0 aliphatic heterocycles. The maximum atomic E-state index is 12.3. The first-order valence-electron chi connectivity index (χ1n) is 10.1. The number of hydrogen-bond acceptors (Lipinski definition) is 4. The maximum absolute atomic E-state index is 12.3. The van der Waals surface area contributed by atoms with Crippen molar-refractivity contribution in [3.05, 3.63) is 29.8 Å². The summed E-state index contributed by atoms with van der Waals surface area (Å²) in [4.78, 5) is 10.7. The third-order valence-electron chi connectivity index (χ3n) is 6.57. The van der Waals surface area contributed by atoms with Gasteiger partial charge in [-0.1, -0.05) is 50.8 Å². The molecule has 1 fully saturated rings. The Kier molecular flexibility index (Phi) is 7.33. The molecular weight excluding hydrogens is 376 g/mol. The minimum Gasteiger partial charge on any atom is -0.432 e. The van der Waals surface area contributed by atoms with Crippen LogP contribution in [0.5, 0.6) is 0 Å². The van der Waals surface area contributed by atoms with Gasteiger partial charge in [-0.2, -0.15) is 8.42 Å². The highest BCUT2D eigenvalue weighted by Crippen LogP contribution is 2.43. The average molecular weight is 413 g/mol. The van der Waals surface area contributed by atoms with Crippen LogP contribution >= 0.6 is 0 Å². The van der Waals surface area contributed by atoms with Crippen LogP contribution in [0.4, 0.5) is 0 Å². The molecule has 4 nitrogen and oxygen atoms in total. The predicted molar refractivity (Wildman–Crippen MR) is 113 cm³/mol. The van der Waals surface area contributed by atoms with Crippen LogP contribution in [0.3, 0.4) is 0 Å². The van der Waals surface area contributed by atoms with Gasteiger partial charge >= 0.3 is 0 Å². The lowest BCUT2D eigenvalue weighted by atomic mass is 9.79. The molecule has 154 valence electrons. The van der Waals surface area contributed by atoms with Gasteiger partial charge < -0.3 is 4.80 Å². The molecule has 1 aromatic carbocycles. The first-order chi connectivity index (χ1) is 12.4. The van der Waals surface area contributed by atoms with Gasteiger partial charge in [-0.3, -0.25) is 4.18 Å². The molecule has 6 heteroatoms. The highest BCUT2D eigenvalue weighted by molar-refractivity contribution is 7.86. The van der Waals surface area contributed by atoms with Crippen LogP contribution in [-0.2, 0) is 14.3 Å². The van der Waals surface area contributed by atoms with E-state index in [2.05, 4.69) is 13.8 Å². The fraction of sp³-hybridized carbons (Fsp3) is 0.714. The van der Waals surface area contributed by atoms with Gasteiger partial charge in [-0.25, -0.2) is 0 Å². The lowest BCUT2D eigenvalue weighted by Crippen LogP contribution is -2.39. The quantitative estimate of drug-likeness (QED) is 0.467. The van der Waals surface area contributed by atoms with Crippen molar-refractivity contribution in [3.8, 4) is 0 Å². The Morgan fingerprint density at radius 3 is 2.11 bits per heavy atom. The van der Waals surface area contributed by atoms with Crippen molar-refractivity contribution in [2.24, 2.45) is 11.8 Å². The largest absolute Gasteiger partial charge is 0.432 e. The molecular formula is C21H36O4SSi. The molecule has 1 aliphatic rings. The van der Waals surface area contributed by atoms with E-state index < -0.39 is 18.4 Å². The molecule has 0 aromatic heterocycles. The monoisotopic (exact) mass is 412 g/mol. The molecule has 27 heavy (non-hydrogen) atoms. The van der Waals surface area contributed by atoms with Crippen LogP contribution in [0.25, 0.3) is 0 Å². The zero-order valence-electron chi connectivity index (χ0n) is 17.5. The van der Waals surface area contributed by atoms with Crippen molar-refractivity contribution >= 4 is 18.4 Å². The van der Waals surface area contributed by atoms with Crippen LogP contribution in [0.15, 0.2) is 29.2 Å². The Hall–Kier alpha value is -0.693. The standard InChI is InChI=1S/C21H36O4SSi/c1-17-6-12-20(13-7-17)26(22,23)25-16-19-10-8-18(9-11-19)14-15-21(2,3)27(4,5)24/h6-7,12-13,18-19,24H,8-11,14-16H2,1-5H3/t18-,19-. The molecule has 0 bridgehead atoms. The molecule has 1 aliphatic carbocycles. The van der Waals surface area contributed by atoms with Crippen molar-refractivity contribution in [2.45, 2.75) is 82.3 Å². The molecule has 0 radical (unpaired) electrons. The van der Waals surface area contributed by atoms with E-state index in [1.165, 1.54) is 0 Å². The van der Waals surface area contributed by atoms with Crippen molar-refractivity contribution in [1.29, 1.82) is 0 Å². The lowest BCUT2D eigenvalue weighted by molar-refractivity contribution is 0.179. The fourth-order valence-corrected chi connectivity index (χ4v) is 5.25. The number of benzene rings is 1. The van der Waals surface area contributed by atoms with Gasteiger partial charge in [-0.15, -0.1) is 0 Å². The normalized spacial score (nSPS) is 22.0. The molecule has 0 unspecified atom stereocenters. The second kappa shape index (κ2) is 8.76. The second-order valence-corrected chi connectivity index (χ2v) is 15.5. The summed E-state index contributed by atoms with van der Waals surface area (Å²) in [6, 6.07) is 6.80. The van der Waals surface area contributed by atoms with Crippen LogP contribution < -0.4 is 0 Å². The topological polar surface area (TPSA) is 63.6 Å². The fourth-order valence-electron chi connectivity index (χ4n) is 3.52. The van der Waals surface area contributed by atoms with Crippen LogP contribution in [-0.4, -0.2) is 28.1 Å². The Morgan fingerprint density at radius 2 is 1.59 bits per heavy atom. The molecule has 0 spiro atoms. The van der Waals surface area contributed by atoms with Crippen LogP contribution in [0.2, 0.25) is 18.1 Å². The second-order valence-electron chi connectivity index (χ2n) is 9.42. The Morgan fingerprint density at radius 1 is 1.07 bits per heavy atom. The smallest absolute Gasteiger partial charge is 0.296 e. The van der Waals surface area contributed by atoms with Gasteiger partial charge in [-0.05, 0) is 68.3 Å². The van der Waals surface area contributed by atoms with Crippen LogP contribution in [0.1, 0.15) is 57.9 Å². The van der Waals surface area contributed by atoms with Gasteiger partial charge in [0, 0.05) is 0 Å². The van der Waals surface area contributed by atoms with E-state index in [0.29, 0.717) is 11.8 Å². The number of hydrogen-bond donors (Lipinski definition) is 1. The highest BCUT2D eigenvalue weighted by Gasteiger charge is 2.38. The zero-order valence-corrected chi connectivity index (χ0v) is 19.3. The molecule has 0 amide bonds. The molecule has 2 rings (SSSR count). The summed E-state index contributed by atoms with van der Waals surface area (Å²) in [5.41, 5.74) is 1.03. The predicted octanol–water partition coefficient (Wildman–Crippen LogP) is 5.26. The number of aryl methyl sites for hydroxylation is 1. The van der Waals surface area contributed by atoms with Gasteiger partial charge in [0.25, 0.3) is 10.1 Å². The van der Waals surface area contributed by atoms with E-state index in [1.54, 1.807) is 24.3 Å². The summed E-state index contributed by atoms with van der Waals surface area (Å²) in [5.74, 6) is 1.00. The molecule has 0 saturated heterocycles. The van der Waals surface area contributed by atoms with Gasteiger partial charge in [0.15, 0.2) is 8.32 Å². The van der Waals surface area contributed by atoms with Gasteiger partial charge in [0.2, 0.25) is 0 Å². The Labute approximate surface area is 166 Å². The zero-order chi connectivity index (χ0) is 20.3. The Balaban J connectivity index is 1.77. The van der Waals surface area contributed by atoms with E-state index in [9.17, 15) is 13.2 Å². The molecule has 0 atom stereocenters. The molecule has 1 aromatic rings. The molecule has 0 heterocycles.